The standard InChI is InChI=1S/C38H54N2O5S.C3H8.4C2H6/c1-35(2)30(25-7-9-26(10-8-25)34(42)43)24-33(41)37(4)31(35)14-16-36(3)28-13-17-38(15-5-6-29(38)27(28)11-12-32(36)37)39-18-19-40-20-22-46(44,45)23-21-40;1-3-2;4*1-2/h7-10,24,27-29,31-32,39H,5-6,11-23H2,1-4H3,(H,42,43);3H2,1-2H3;4*1-2H3/t27-,28?,29+,31?,32?,36-,37-,38-;;;;;/m0...../s1. The number of allylic oxidation sites excluding steroid dienone is 2. The van der Waals surface area contributed by atoms with Crippen molar-refractivity contribution < 1.29 is 23.1 Å². The summed E-state index contributed by atoms with van der Waals surface area (Å²) in [4.78, 5) is 28.2. The third kappa shape index (κ3) is 10.3. The fourth-order valence-corrected chi connectivity index (χ4v) is 13.8. The largest absolute Gasteiger partial charge is 0.478 e. The van der Waals surface area contributed by atoms with Gasteiger partial charge < -0.3 is 15.3 Å². The van der Waals surface area contributed by atoms with Crippen molar-refractivity contribution in [1.29, 1.82) is 0 Å². The van der Waals surface area contributed by atoms with E-state index in [9.17, 15) is 23.1 Å². The summed E-state index contributed by atoms with van der Waals surface area (Å²) in [6.45, 7) is 32.9. The molecule has 2 N–H and O–H groups in total. The van der Waals surface area contributed by atoms with E-state index in [1.165, 1.54) is 51.4 Å². The molecule has 0 amide bonds. The van der Waals surface area contributed by atoms with Gasteiger partial charge in [0.2, 0.25) is 0 Å². The Morgan fingerprint density at radius 3 is 1.93 bits per heavy atom. The molecule has 0 spiro atoms. The van der Waals surface area contributed by atoms with E-state index in [1.807, 2.05) is 73.6 Å². The Hall–Kier alpha value is -2.03. The van der Waals surface area contributed by atoms with E-state index in [0.29, 0.717) is 48.3 Å². The van der Waals surface area contributed by atoms with Crippen LogP contribution in [0.5, 0.6) is 0 Å². The number of ketones is 1. The third-order valence-corrected chi connectivity index (χ3v) is 16.4. The summed E-state index contributed by atoms with van der Waals surface area (Å²) < 4.78 is 23.8. The zero-order chi connectivity index (χ0) is 43.4. The van der Waals surface area contributed by atoms with E-state index < -0.39 is 21.2 Å². The molecular formula is C49H86N2O5S. The van der Waals surface area contributed by atoms with Crippen LogP contribution < -0.4 is 5.32 Å². The van der Waals surface area contributed by atoms with Crippen molar-refractivity contribution in [2.24, 2.45) is 45.8 Å². The number of carboxylic acids is 1. The highest BCUT2D eigenvalue weighted by Crippen LogP contribution is 2.71. The van der Waals surface area contributed by atoms with Crippen LogP contribution in [0.2, 0.25) is 0 Å². The topological polar surface area (TPSA) is 104 Å². The molecule has 8 heteroatoms. The van der Waals surface area contributed by atoms with Gasteiger partial charge in [0.15, 0.2) is 15.6 Å². The number of aromatic carboxylic acids is 1. The predicted molar refractivity (Wildman–Crippen MR) is 243 cm³/mol. The average molecular weight is 815 g/mol. The molecule has 1 saturated heterocycles. The van der Waals surface area contributed by atoms with Gasteiger partial charge in [-0.2, -0.15) is 0 Å². The van der Waals surface area contributed by atoms with Gasteiger partial charge in [-0.05, 0) is 121 Å². The zero-order valence-electron chi connectivity index (χ0n) is 39.0. The van der Waals surface area contributed by atoms with Crippen LogP contribution in [-0.2, 0) is 14.6 Å². The molecule has 0 radical (unpaired) electrons. The first-order chi connectivity index (χ1) is 27.1. The molecule has 8 atom stereocenters. The van der Waals surface area contributed by atoms with Crippen LogP contribution in [0.1, 0.15) is 177 Å². The second-order valence-corrected chi connectivity index (χ2v) is 19.9. The average Bonchev–Trinajstić information content (AvgIpc) is 3.65. The van der Waals surface area contributed by atoms with E-state index in [0.717, 1.165) is 37.1 Å². The van der Waals surface area contributed by atoms with Crippen LogP contribution in [0, 0.1) is 45.8 Å². The summed E-state index contributed by atoms with van der Waals surface area (Å²) >= 11 is 0. The number of hydrogen-bond acceptors (Lipinski definition) is 6. The monoisotopic (exact) mass is 815 g/mol. The highest BCUT2D eigenvalue weighted by molar-refractivity contribution is 7.91. The number of hydrogen-bond donors (Lipinski definition) is 2. The van der Waals surface area contributed by atoms with Gasteiger partial charge in [0.1, 0.15) is 0 Å². The summed E-state index contributed by atoms with van der Waals surface area (Å²) in [5.74, 6) is 2.60. The first-order valence-corrected chi connectivity index (χ1v) is 25.2. The number of carboxylic acid groups (broad SMARTS) is 1. The number of sulfone groups is 1. The van der Waals surface area contributed by atoms with Gasteiger partial charge in [0, 0.05) is 37.1 Å². The Morgan fingerprint density at radius 2 is 1.37 bits per heavy atom. The summed E-state index contributed by atoms with van der Waals surface area (Å²) in [5.41, 5.74) is 2.07. The molecule has 3 unspecified atom stereocenters. The normalized spacial score (nSPS) is 34.2. The van der Waals surface area contributed by atoms with Gasteiger partial charge >= 0.3 is 5.97 Å². The van der Waals surface area contributed by atoms with Crippen LogP contribution in [-0.4, -0.2) is 73.4 Å². The Bertz CT molecular complexity index is 1540. The van der Waals surface area contributed by atoms with Gasteiger partial charge in [-0.3, -0.25) is 4.79 Å². The van der Waals surface area contributed by atoms with E-state index in [2.05, 4.69) is 51.8 Å². The second kappa shape index (κ2) is 22.0. The highest BCUT2D eigenvalue weighted by atomic mass is 32.2. The lowest BCUT2D eigenvalue weighted by atomic mass is 9.36. The maximum absolute atomic E-state index is 14.5. The van der Waals surface area contributed by atoms with Crippen LogP contribution in [0.15, 0.2) is 30.3 Å². The molecule has 1 aliphatic heterocycles. The van der Waals surface area contributed by atoms with Gasteiger partial charge in [0.05, 0.1) is 17.1 Å². The summed E-state index contributed by atoms with van der Waals surface area (Å²) in [7, 11) is -2.85. The summed E-state index contributed by atoms with van der Waals surface area (Å²) in [6, 6.07) is 7.08. The molecule has 1 heterocycles. The number of fused-ring (bicyclic) bond motifs is 7. The fraction of sp³-hybridized carbons (Fsp3) is 0.796. The van der Waals surface area contributed by atoms with Crippen LogP contribution in [0.25, 0.3) is 5.57 Å². The minimum atomic E-state index is -2.85. The van der Waals surface area contributed by atoms with Crippen LogP contribution in [0.3, 0.4) is 0 Å². The number of nitrogens with one attached hydrogen (secondary N) is 1. The lowest BCUT2D eigenvalue weighted by Gasteiger charge is -2.67. The number of benzene rings is 1. The lowest BCUT2D eigenvalue weighted by molar-refractivity contribution is -0.180. The SMILES string of the molecule is CC.CC.CC.CC.CC1(C)C(c2ccc(C(=O)O)cc2)=CC(=O)[C@@]2(C)C1CC[C@@]1(C)C3CC[C@@]4(NCCN5CCS(=O)(=O)CC5)CCC[C@@H]4[C@H]3CCC12.CCC. The first-order valence-electron chi connectivity index (χ1n) is 23.4. The van der Waals surface area contributed by atoms with Crippen molar-refractivity contribution in [3.63, 3.8) is 0 Å². The van der Waals surface area contributed by atoms with Gasteiger partial charge in [0.25, 0.3) is 0 Å². The molecular weight excluding hydrogens is 729 g/mol. The second-order valence-electron chi connectivity index (χ2n) is 17.6. The fourth-order valence-electron chi connectivity index (χ4n) is 12.6. The molecule has 57 heavy (non-hydrogen) atoms. The van der Waals surface area contributed by atoms with E-state index in [-0.39, 0.29) is 33.6 Å². The first kappa shape index (κ1) is 51.1. The molecule has 6 aliphatic rings. The zero-order valence-corrected chi connectivity index (χ0v) is 39.8. The quantitative estimate of drug-likeness (QED) is 0.295. The van der Waals surface area contributed by atoms with Gasteiger partial charge in [-0.15, -0.1) is 0 Å². The van der Waals surface area contributed by atoms with Crippen LogP contribution >= 0.6 is 0 Å². The minimum Gasteiger partial charge on any atom is -0.478 e. The molecule has 1 aromatic rings. The molecule has 5 aliphatic carbocycles. The summed E-state index contributed by atoms with van der Waals surface area (Å²) in [5, 5.41) is 13.5. The predicted octanol–water partition coefficient (Wildman–Crippen LogP) is 11.6. The Labute approximate surface area is 350 Å². The molecule has 0 bridgehead atoms. The number of carbonyl (C=O) groups is 2. The van der Waals surface area contributed by atoms with Crippen molar-refractivity contribution in [3.05, 3.63) is 41.5 Å². The van der Waals surface area contributed by atoms with E-state index in [1.54, 1.807) is 12.1 Å². The molecule has 328 valence electrons. The minimum absolute atomic E-state index is 0.155. The van der Waals surface area contributed by atoms with Crippen molar-refractivity contribution in [2.75, 3.05) is 37.7 Å². The Morgan fingerprint density at radius 1 is 0.789 bits per heavy atom. The molecule has 7 rings (SSSR count). The van der Waals surface area contributed by atoms with Crippen molar-refractivity contribution in [2.45, 2.75) is 167 Å². The number of carbonyl (C=O) groups excluding carboxylic acids is 1. The smallest absolute Gasteiger partial charge is 0.335 e. The van der Waals surface area contributed by atoms with E-state index in [4.69, 9.17) is 0 Å². The van der Waals surface area contributed by atoms with Crippen LogP contribution in [0.4, 0.5) is 0 Å². The Kier molecular flexibility index (Phi) is 19.7. The van der Waals surface area contributed by atoms with Crippen molar-refractivity contribution in [1.82, 2.24) is 10.2 Å². The molecule has 1 aromatic carbocycles. The summed E-state index contributed by atoms with van der Waals surface area (Å²) in [6.07, 6.45) is 14.0. The third-order valence-electron chi connectivity index (χ3n) is 14.8. The molecule has 4 saturated carbocycles. The van der Waals surface area contributed by atoms with Gasteiger partial charge in [-0.25, -0.2) is 13.2 Å². The molecule has 5 fully saturated rings. The number of rotatable bonds is 6. The lowest BCUT2D eigenvalue weighted by Crippen LogP contribution is -2.65. The Balaban J connectivity index is 0.000000935. The van der Waals surface area contributed by atoms with Gasteiger partial charge in [-0.1, -0.05) is 122 Å². The molecule has 0 aromatic heterocycles. The number of nitrogens with zero attached hydrogens (tertiary/aromatic N) is 1. The highest BCUT2D eigenvalue weighted by Gasteiger charge is 2.67. The molecule has 7 nitrogen and oxygen atoms in total. The van der Waals surface area contributed by atoms with E-state index >= 15 is 0 Å². The van der Waals surface area contributed by atoms with Crippen molar-refractivity contribution in [3.8, 4) is 0 Å². The maximum atomic E-state index is 14.5. The maximum Gasteiger partial charge on any atom is 0.335 e. The van der Waals surface area contributed by atoms with Crippen molar-refractivity contribution >= 4 is 27.2 Å².